The predicted octanol–water partition coefficient (Wildman–Crippen LogP) is -1.51. The van der Waals surface area contributed by atoms with Crippen molar-refractivity contribution in [2.24, 2.45) is 5.14 Å². The van der Waals surface area contributed by atoms with Gasteiger partial charge in [-0.1, -0.05) is 0 Å². The van der Waals surface area contributed by atoms with Crippen LogP contribution in [0.4, 0.5) is 0 Å². The fraction of sp³-hybridized carbons (Fsp3) is 0.667. The van der Waals surface area contributed by atoms with E-state index in [4.69, 9.17) is 5.14 Å². The van der Waals surface area contributed by atoms with Crippen molar-refractivity contribution in [3.05, 3.63) is 6.33 Å². The molecule has 2 N–H and O–H groups in total. The lowest BCUT2D eigenvalue weighted by Crippen LogP contribution is -2.19. The van der Waals surface area contributed by atoms with Crippen molar-refractivity contribution in [3.8, 4) is 0 Å². The maximum Gasteiger partial charge on any atom is 0.281 e. The van der Waals surface area contributed by atoms with Crippen LogP contribution in [0.2, 0.25) is 0 Å². The largest absolute Gasteiger partial charge is 0.308 e. The summed E-state index contributed by atoms with van der Waals surface area (Å²) in [6.07, 6.45) is 1.35. The van der Waals surface area contributed by atoms with Gasteiger partial charge in [-0.2, -0.15) is 0 Å². The van der Waals surface area contributed by atoms with Gasteiger partial charge >= 0.3 is 0 Å². The van der Waals surface area contributed by atoms with Crippen molar-refractivity contribution in [1.29, 1.82) is 0 Å². The van der Waals surface area contributed by atoms with E-state index in [0.717, 1.165) is 6.54 Å². The highest BCUT2D eigenvalue weighted by molar-refractivity contribution is 7.89. The molecular weight excluding hydrogens is 206 g/mol. The Morgan fingerprint density at radius 3 is 2.64 bits per heavy atom. The molecule has 0 amide bonds. The highest BCUT2D eigenvalue weighted by atomic mass is 32.2. The zero-order valence-corrected chi connectivity index (χ0v) is 8.90. The Morgan fingerprint density at radius 2 is 2.21 bits per heavy atom. The van der Waals surface area contributed by atoms with Crippen LogP contribution in [0.1, 0.15) is 0 Å². The van der Waals surface area contributed by atoms with Crippen molar-refractivity contribution < 1.29 is 8.42 Å². The summed E-state index contributed by atoms with van der Waals surface area (Å²) in [5.41, 5.74) is 0. The van der Waals surface area contributed by atoms with Gasteiger partial charge in [0.1, 0.15) is 6.33 Å². The first-order chi connectivity index (χ1) is 6.39. The second kappa shape index (κ2) is 4.03. The number of nitrogens with two attached hydrogens (primary N) is 1. The topological polar surface area (TPSA) is 94.1 Å². The van der Waals surface area contributed by atoms with E-state index in [1.807, 2.05) is 19.0 Å². The third kappa shape index (κ3) is 3.05. The smallest absolute Gasteiger partial charge is 0.281 e. The van der Waals surface area contributed by atoms with Gasteiger partial charge in [0.05, 0.1) is 6.54 Å². The lowest BCUT2D eigenvalue weighted by molar-refractivity contribution is 0.371. The number of likely N-dealkylation sites (N-methyl/N-ethyl adjacent to an activating group) is 1. The molecule has 0 saturated carbocycles. The van der Waals surface area contributed by atoms with Gasteiger partial charge in [-0.15, -0.1) is 5.10 Å². The minimum atomic E-state index is -3.78. The highest BCUT2D eigenvalue weighted by Gasteiger charge is 2.13. The van der Waals surface area contributed by atoms with Gasteiger partial charge in [0.25, 0.3) is 15.2 Å². The molecule has 1 heterocycles. The van der Waals surface area contributed by atoms with E-state index in [1.165, 1.54) is 11.0 Å². The van der Waals surface area contributed by atoms with Gasteiger partial charge in [-0.3, -0.25) is 4.68 Å². The van der Waals surface area contributed by atoms with Gasteiger partial charge in [-0.25, -0.2) is 18.5 Å². The molecule has 0 fully saturated rings. The molecule has 0 spiro atoms. The minimum Gasteiger partial charge on any atom is -0.308 e. The molecule has 8 heteroatoms. The summed E-state index contributed by atoms with van der Waals surface area (Å²) in [6, 6.07) is 0. The Kier molecular flexibility index (Phi) is 3.19. The Bertz CT molecular complexity index is 396. The summed E-state index contributed by atoms with van der Waals surface area (Å²) in [4.78, 5) is 5.54. The molecule has 0 aliphatic rings. The summed E-state index contributed by atoms with van der Waals surface area (Å²) in [5, 5.41) is 8.23. The Morgan fingerprint density at radius 1 is 1.57 bits per heavy atom. The van der Waals surface area contributed by atoms with Crippen LogP contribution >= 0.6 is 0 Å². The van der Waals surface area contributed by atoms with Crippen LogP contribution in [0.5, 0.6) is 0 Å². The molecule has 0 aliphatic carbocycles. The Labute approximate surface area is 82.6 Å². The summed E-state index contributed by atoms with van der Waals surface area (Å²) >= 11 is 0. The number of rotatable bonds is 4. The van der Waals surface area contributed by atoms with Crippen molar-refractivity contribution >= 4 is 10.0 Å². The zero-order chi connectivity index (χ0) is 10.8. The maximum atomic E-state index is 10.8. The average Bonchev–Trinajstić information content (AvgIpc) is 2.47. The quantitative estimate of drug-likeness (QED) is 0.664. The molecule has 14 heavy (non-hydrogen) atoms. The monoisotopic (exact) mass is 219 g/mol. The van der Waals surface area contributed by atoms with Crippen molar-refractivity contribution in [2.45, 2.75) is 11.7 Å². The molecule has 0 saturated heterocycles. The third-order valence-corrected chi connectivity index (χ3v) is 2.24. The minimum absolute atomic E-state index is 0.337. The normalized spacial score (nSPS) is 12.3. The molecule has 0 radical (unpaired) electrons. The predicted molar refractivity (Wildman–Crippen MR) is 49.9 cm³/mol. The van der Waals surface area contributed by atoms with E-state index in [1.54, 1.807) is 0 Å². The number of primary sulfonamides is 1. The standard InChI is InChI=1S/C6H13N5O2S/c1-10(2)3-4-11-5-8-6(9-11)14(7,12)13/h5H,3-4H2,1-2H3,(H2,7,12,13). The number of hydrogen-bond donors (Lipinski definition) is 1. The molecule has 0 unspecified atom stereocenters. The number of hydrogen-bond acceptors (Lipinski definition) is 5. The molecule has 0 atom stereocenters. The van der Waals surface area contributed by atoms with Crippen LogP contribution in [0.15, 0.2) is 11.5 Å². The first-order valence-corrected chi connectivity index (χ1v) is 5.51. The molecule has 1 aromatic heterocycles. The number of sulfonamides is 1. The third-order valence-electron chi connectivity index (χ3n) is 1.55. The van der Waals surface area contributed by atoms with Crippen LogP contribution in [0.25, 0.3) is 0 Å². The molecule has 80 valence electrons. The van der Waals surface area contributed by atoms with E-state index in [9.17, 15) is 8.42 Å². The van der Waals surface area contributed by atoms with E-state index in [0.29, 0.717) is 6.54 Å². The van der Waals surface area contributed by atoms with E-state index in [2.05, 4.69) is 10.1 Å². The molecule has 1 rings (SSSR count). The van der Waals surface area contributed by atoms with Gasteiger partial charge in [0.2, 0.25) is 0 Å². The van der Waals surface area contributed by atoms with Crippen molar-refractivity contribution in [1.82, 2.24) is 19.7 Å². The van der Waals surface area contributed by atoms with Crippen LogP contribution in [-0.2, 0) is 16.6 Å². The summed E-state index contributed by atoms with van der Waals surface area (Å²) in [7, 11) is 0.0512. The van der Waals surface area contributed by atoms with Crippen molar-refractivity contribution in [2.75, 3.05) is 20.6 Å². The molecule has 0 bridgehead atoms. The van der Waals surface area contributed by atoms with Crippen LogP contribution < -0.4 is 5.14 Å². The van der Waals surface area contributed by atoms with Gasteiger partial charge < -0.3 is 4.90 Å². The van der Waals surface area contributed by atoms with Crippen LogP contribution in [0.3, 0.4) is 0 Å². The van der Waals surface area contributed by atoms with E-state index < -0.39 is 10.0 Å². The summed E-state index contributed by atoms with van der Waals surface area (Å²) in [5.74, 6) is 0. The van der Waals surface area contributed by atoms with Crippen LogP contribution in [0, 0.1) is 0 Å². The lowest BCUT2D eigenvalue weighted by atomic mass is 10.6. The lowest BCUT2D eigenvalue weighted by Gasteiger charge is -2.07. The van der Waals surface area contributed by atoms with Gasteiger partial charge in [0, 0.05) is 6.54 Å². The average molecular weight is 219 g/mol. The van der Waals surface area contributed by atoms with Gasteiger partial charge in [-0.05, 0) is 14.1 Å². The maximum absolute atomic E-state index is 10.8. The fourth-order valence-corrected chi connectivity index (χ4v) is 1.23. The first-order valence-electron chi connectivity index (χ1n) is 3.96. The second-order valence-electron chi connectivity index (χ2n) is 3.14. The van der Waals surface area contributed by atoms with Gasteiger partial charge in [0.15, 0.2) is 0 Å². The fourth-order valence-electron chi connectivity index (χ4n) is 0.818. The molecule has 0 aromatic carbocycles. The number of nitrogens with zero attached hydrogens (tertiary/aromatic N) is 4. The Hall–Kier alpha value is -0.990. The van der Waals surface area contributed by atoms with E-state index >= 15 is 0 Å². The molecule has 7 nitrogen and oxygen atoms in total. The van der Waals surface area contributed by atoms with Crippen LogP contribution in [-0.4, -0.2) is 48.7 Å². The zero-order valence-electron chi connectivity index (χ0n) is 8.08. The number of aromatic nitrogens is 3. The first kappa shape index (κ1) is 11.1. The molecule has 1 aromatic rings. The summed E-state index contributed by atoms with van der Waals surface area (Å²) in [6.45, 7) is 1.34. The highest BCUT2D eigenvalue weighted by Crippen LogP contribution is 1.96. The molecule has 0 aliphatic heterocycles. The second-order valence-corrected chi connectivity index (χ2v) is 4.59. The molecular formula is C6H13N5O2S. The Balaban J connectivity index is 2.70. The van der Waals surface area contributed by atoms with E-state index in [-0.39, 0.29) is 5.16 Å². The van der Waals surface area contributed by atoms with Crippen molar-refractivity contribution in [3.63, 3.8) is 0 Å². The summed E-state index contributed by atoms with van der Waals surface area (Å²) < 4.78 is 23.1. The SMILES string of the molecule is CN(C)CCn1cnc(S(N)(=O)=O)n1.